The Balaban J connectivity index is 1.75. The summed E-state index contributed by atoms with van der Waals surface area (Å²) in [5, 5.41) is 3.34. The summed E-state index contributed by atoms with van der Waals surface area (Å²) >= 11 is 0. The normalized spacial score (nSPS) is 17.4. The van der Waals surface area contributed by atoms with Gasteiger partial charge in [-0.2, -0.15) is 0 Å². The average Bonchev–Trinajstić information content (AvgIpc) is 2.40. The van der Waals surface area contributed by atoms with E-state index in [-0.39, 0.29) is 0 Å². The van der Waals surface area contributed by atoms with Crippen molar-refractivity contribution in [3.05, 3.63) is 35.4 Å². The first kappa shape index (κ1) is 13.9. The number of guanidine groups is 1. The Kier molecular flexibility index (Phi) is 5.25. The van der Waals surface area contributed by atoms with Gasteiger partial charge in [0.2, 0.25) is 0 Å². The van der Waals surface area contributed by atoms with Crippen molar-refractivity contribution in [3.63, 3.8) is 0 Å². The van der Waals surface area contributed by atoms with Crippen molar-refractivity contribution in [2.45, 2.75) is 51.5 Å². The van der Waals surface area contributed by atoms with Gasteiger partial charge in [-0.25, -0.2) is 0 Å². The van der Waals surface area contributed by atoms with Crippen LogP contribution in [0.4, 0.5) is 0 Å². The first-order chi connectivity index (χ1) is 9.24. The zero-order valence-electron chi connectivity index (χ0n) is 11.9. The van der Waals surface area contributed by atoms with Crippen LogP contribution < -0.4 is 11.1 Å². The highest BCUT2D eigenvalue weighted by Crippen LogP contribution is 2.17. The van der Waals surface area contributed by atoms with Crippen LogP contribution in [0.1, 0.15) is 43.2 Å². The van der Waals surface area contributed by atoms with E-state index in [9.17, 15) is 0 Å². The molecule has 1 aromatic carbocycles. The third-order valence-corrected chi connectivity index (χ3v) is 3.72. The van der Waals surface area contributed by atoms with Crippen molar-refractivity contribution in [1.29, 1.82) is 0 Å². The van der Waals surface area contributed by atoms with Crippen LogP contribution in [-0.2, 0) is 6.42 Å². The van der Waals surface area contributed by atoms with E-state index in [1.807, 2.05) is 0 Å². The smallest absolute Gasteiger partial charge is 0.188 e. The number of nitrogens with zero attached hydrogens (tertiary/aromatic N) is 1. The average molecular weight is 259 g/mol. The topological polar surface area (TPSA) is 50.4 Å². The molecule has 1 aliphatic rings. The fraction of sp³-hybridized carbons (Fsp3) is 0.562. The van der Waals surface area contributed by atoms with E-state index in [0.29, 0.717) is 12.0 Å². The Morgan fingerprint density at radius 2 is 2.11 bits per heavy atom. The number of benzene rings is 1. The van der Waals surface area contributed by atoms with Crippen LogP contribution in [0.25, 0.3) is 0 Å². The summed E-state index contributed by atoms with van der Waals surface area (Å²) in [4.78, 5) is 4.43. The molecule has 0 heterocycles. The molecular weight excluding hydrogens is 234 g/mol. The van der Waals surface area contributed by atoms with Gasteiger partial charge in [-0.1, -0.05) is 49.1 Å². The second kappa shape index (κ2) is 7.17. The summed E-state index contributed by atoms with van der Waals surface area (Å²) < 4.78 is 0. The van der Waals surface area contributed by atoms with Gasteiger partial charge < -0.3 is 11.1 Å². The zero-order valence-corrected chi connectivity index (χ0v) is 11.9. The van der Waals surface area contributed by atoms with E-state index in [0.717, 1.165) is 13.0 Å². The SMILES string of the molecule is Cc1cccc(CCN=C(N)NC2CCCCC2)c1. The van der Waals surface area contributed by atoms with E-state index in [4.69, 9.17) is 5.73 Å². The molecule has 104 valence electrons. The lowest BCUT2D eigenvalue weighted by molar-refractivity contribution is 0.412. The van der Waals surface area contributed by atoms with E-state index < -0.39 is 0 Å². The quantitative estimate of drug-likeness (QED) is 0.645. The molecule has 0 atom stereocenters. The molecule has 3 nitrogen and oxygen atoms in total. The van der Waals surface area contributed by atoms with Crippen LogP contribution in [-0.4, -0.2) is 18.5 Å². The van der Waals surface area contributed by atoms with Crippen molar-refractivity contribution in [2.75, 3.05) is 6.54 Å². The fourth-order valence-electron chi connectivity index (χ4n) is 2.67. The molecule has 0 radical (unpaired) electrons. The van der Waals surface area contributed by atoms with E-state index in [1.54, 1.807) is 0 Å². The Morgan fingerprint density at radius 3 is 2.84 bits per heavy atom. The Bertz CT molecular complexity index is 420. The molecule has 0 aromatic heterocycles. The molecule has 1 aromatic rings. The lowest BCUT2D eigenvalue weighted by Crippen LogP contribution is -2.41. The van der Waals surface area contributed by atoms with E-state index >= 15 is 0 Å². The lowest BCUT2D eigenvalue weighted by atomic mass is 9.96. The molecule has 1 aliphatic carbocycles. The first-order valence-corrected chi connectivity index (χ1v) is 7.36. The monoisotopic (exact) mass is 259 g/mol. The molecule has 0 saturated heterocycles. The van der Waals surface area contributed by atoms with Gasteiger partial charge in [0.25, 0.3) is 0 Å². The third kappa shape index (κ3) is 4.93. The minimum absolute atomic E-state index is 0.538. The Hall–Kier alpha value is -1.51. The van der Waals surface area contributed by atoms with Gasteiger partial charge in [0.05, 0.1) is 0 Å². The predicted octanol–water partition coefficient (Wildman–Crippen LogP) is 2.77. The molecule has 0 amide bonds. The van der Waals surface area contributed by atoms with Gasteiger partial charge in [-0.3, -0.25) is 4.99 Å². The molecule has 1 fully saturated rings. The molecule has 0 aliphatic heterocycles. The summed E-state index contributed by atoms with van der Waals surface area (Å²) in [7, 11) is 0. The number of nitrogens with two attached hydrogens (primary N) is 1. The van der Waals surface area contributed by atoms with Crippen LogP contribution >= 0.6 is 0 Å². The van der Waals surface area contributed by atoms with Crippen LogP contribution in [0.2, 0.25) is 0 Å². The van der Waals surface area contributed by atoms with Gasteiger partial charge in [-0.05, 0) is 31.7 Å². The maximum absolute atomic E-state index is 5.94. The van der Waals surface area contributed by atoms with Gasteiger partial charge in [0.15, 0.2) is 5.96 Å². The van der Waals surface area contributed by atoms with Crippen molar-refractivity contribution < 1.29 is 0 Å². The summed E-state index contributed by atoms with van der Waals surface area (Å²) in [5.41, 5.74) is 8.57. The number of rotatable bonds is 4. The van der Waals surface area contributed by atoms with Crippen molar-refractivity contribution >= 4 is 5.96 Å². The molecule has 0 spiro atoms. The van der Waals surface area contributed by atoms with Crippen LogP contribution in [0.15, 0.2) is 29.3 Å². The summed E-state index contributed by atoms with van der Waals surface area (Å²) in [6.07, 6.45) is 7.40. The van der Waals surface area contributed by atoms with Crippen molar-refractivity contribution in [1.82, 2.24) is 5.32 Å². The minimum atomic E-state index is 0.538. The number of hydrogen-bond donors (Lipinski definition) is 2. The maximum Gasteiger partial charge on any atom is 0.188 e. The molecule has 2 rings (SSSR count). The largest absolute Gasteiger partial charge is 0.370 e. The molecule has 1 saturated carbocycles. The zero-order chi connectivity index (χ0) is 13.5. The number of nitrogens with one attached hydrogen (secondary N) is 1. The minimum Gasteiger partial charge on any atom is -0.370 e. The first-order valence-electron chi connectivity index (χ1n) is 7.36. The van der Waals surface area contributed by atoms with Gasteiger partial charge in [0, 0.05) is 12.6 Å². The standard InChI is InChI=1S/C16H25N3/c1-13-6-5-7-14(12-13)10-11-18-16(17)19-15-8-3-2-4-9-15/h5-7,12,15H,2-4,8-11H2,1H3,(H3,17,18,19). The summed E-state index contributed by atoms with van der Waals surface area (Å²) in [6.45, 7) is 2.88. The Morgan fingerprint density at radius 1 is 1.32 bits per heavy atom. The highest BCUT2D eigenvalue weighted by atomic mass is 15.1. The number of aliphatic imine (C=N–C) groups is 1. The lowest BCUT2D eigenvalue weighted by Gasteiger charge is -2.23. The van der Waals surface area contributed by atoms with Crippen LogP contribution in [0.5, 0.6) is 0 Å². The number of aryl methyl sites for hydroxylation is 1. The molecular formula is C16H25N3. The molecule has 3 heteroatoms. The number of hydrogen-bond acceptors (Lipinski definition) is 1. The highest BCUT2D eigenvalue weighted by molar-refractivity contribution is 5.78. The highest BCUT2D eigenvalue weighted by Gasteiger charge is 2.12. The van der Waals surface area contributed by atoms with Gasteiger partial charge >= 0.3 is 0 Å². The molecule has 0 unspecified atom stereocenters. The second-order valence-corrected chi connectivity index (χ2v) is 5.49. The van der Waals surface area contributed by atoms with Gasteiger partial charge in [-0.15, -0.1) is 0 Å². The molecule has 0 bridgehead atoms. The van der Waals surface area contributed by atoms with Crippen LogP contribution in [0, 0.1) is 6.92 Å². The van der Waals surface area contributed by atoms with Crippen molar-refractivity contribution in [3.8, 4) is 0 Å². The van der Waals surface area contributed by atoms with Crippen molar-refractivity contribution in [2.24, 2.45) is 10.7 Å². The third-order valence-electron chi connectivity index (χ3n) is 3.72. The molecule has 3 N–H and O–H groups in total. The predicted molar refractivity (Wildman–Crippen MR) is 81.4 cm³/mol. The summed E-state index contributed by atoms with van der Waals surface area (Å²) in [6, 6.07) is 9.11. The second-order valence-electron chi connectivity index (χ2n) is 5.49. The van der Waals surface area contributed by atoms with E-state index in [2.05, 4.69) is 41.5 Å². The van der Waals surface area contributed by atoms with Crippen LogP contribution in [0.3, 0.4) is 0 Å². The fourth-order valence-corrected chi connectivity index (χ4v) is 2.67. The van der Waals surface area contributed by atoms with Gasteiger partial charge in [0.1, 0.15) is 0 Å². The van der Waals surface area contributed by atoms with E-state index in [1.165, 1.54) is 43.2 Å². The Labute approximate surface area is 116 Å². The summed E-state index contributed by atoms with van der Waals surface area (Å²) in [5.74, 6) is 0.611. The maximum atomic E-state index is 5.94. The molecule has 19 heavy (non-hydrogen) atoms.